The smallest absolute Gasteiger partial charge is 0.243 e. The Morgan fingerprint density at radius 2 is 1.85 bits per heavy atom. The Morgan fingerprint density at radius 1 is 1.09 bits per heavy atom. The second-order valence-electron chi connectivity index (χ2n) is 8.03. The number of halogens is 1. The topological polar surface area (TPSA) is 66.9 Å². The lowest BCUT2D eigenvalue weighted by Gasteiger charge is -2.23. The number of fused-ring (bicyclic) bond motifs is 1. The first-order valence-corrected chi connectivity index (χ1v) is 12.0. The zero-order valence-electron chi connectivity index (χ0n) is 18.5. The van der Waals surface area contributed by atoms with Gasteiger partial charge in [-0.2, -0.15) is 4.31 Å². The summed E-state index contributed by atoms with van der Waals surface area (Å²) in [5.74, 6) is -0.106. The Labute approximate surface area is 193 Å². The number of hydrogen-bond acceptors (Lipinski definition) is 4. The monoisotopic (exact) mass is 468 g/mol. The number of amides is 1. The van der Waals surface area contributed by atoms with Crippen LogP contribution in [-0.2, 0) is 27.9 Å². The quantitative estimate of drug-likeness (QED) is 0.561. The first-order chi connectivity index (χ1) is 15.7. The van der Waals surface area contributed by atoms with Crippen LogP contribution < -0.4 is 9.64 Å². The molecule has 0 aromatic heterocycles. The van der Waals surface area contributed by atoms with Crippen LogP contribution in [0.4, 0.5) is 10.1 Å². The van der Waals surface area contributed by atoms with Gasteiger partial charge in [0.15, 0.2) is 0 Å². The zero-order valence-corrected chi connectivity index (χ0v) is 19.3. The molecule has 0 spiro atoms. The van der Waals surface area contributed by atoms with Crippen LogP contribution in [0.15, 0.2) is 71.6 Å². The molecule has 0 saturated heterocycles. The van der Waals surface area contributed by atoms with Crippen molar-refractivity contribution in [2.45, 2.75) is 31.8 Å². The third-order valence-electron chi connectivity index (χ3n) is 5.57. The lowest BCUT2D eigenvalue weighted by atomic mass is 10.1. The number of sulfonamides is 1. The van der Waals surface area contributed by atoms with E-state index in [4.69, 9.17) is 4.74 Å². The Morgan fingerprint density at radius 3 is 2.55 bits per heavy atom. The number of nitrogens with zero attached hydrogens (tertiary/aromatic N) is 2. The van der Waals surface area contributed by atoms with Gasteiger partial charge in [-0.3, -0.25) is 4.79 Å². The molecule has 0 bridgehead atoms. The van der Waals surface area contributed by atoms with E-state index in [-0.39, 0.29) is 30.5 Å². The van der Waals surface area contributed by atoms with E-state index in [0.717, 1.165) is 22.9 Å². The van der Waals surface area contributed by atoms with Crippen LogP contribution in [-0.4, -0.2) is 31.8 Å². The third kappa shape index (κ3) is 5.07. The van der Waals surface area contributed by atoms with Crippen molar-refractivity contribution >= 4 is 21.6 Å². The number of benzene rings is 3. The first-order valence-electron chi connectivity index (χ1n) is 10.6. The van der Waals surface area contributed by atoms with Crippen molar-refractivity contribution in [2.75, 3.05) is 18.1 Å². The SMILES string of the molecule is CC(=O)N(Cc1ccc2c(c1)CN(S(=O)(=O)c1cccc(F)c1)CCO2)c1ccc(C)cc1. The van der Waals surface area contributed by atoms with Gasteiger partial charge in [-0.15, -0.1) is 0 Å². The van der Waals surface area contributed by atoms with E-state index in [9.17, 15) is 17.6 Å². The van der Waals surface area contributed by atoms with Crippen molar-refractivity contribution in [1.29, 1.82) is 0 Å². The summed E-state index contributed by atoms with van der Waals surface area (Å²) in [4.78, 5) is 13.9. The summed E-state index contributed by atoms with van der Waals surface area (Å²) < 4.78 is 47.0. The number of hydrogen-bond donors (Lipinski definition) is 0. The summed E-state index contributed by atoms with van der Waals surface area (Å²) in [6.45, 7) is 4.25. The number of carbonyl (C=O) groups excluding carboxylic acids is 1. The minimum absolute atomic E-state index is 0.0899. The molecule has 1 amide bonds. The molecular formula is C25H25FN2O4S. The van der Waals surface area contributed by atoms with Crippen LogP contribution in [0, 0.1) is 12.7 Å². The van der Waals surface area contributed by atoms with Gasteiger partial charge >= 0.3 is 0 Å². The van der Waals surface area contributed by atoms with Gasteiger partial charge in [0.1, 0.15) is 18.2 Å². The van der Waals surface area contributed by atoms with Gasteiger partial charge in [-0.1, -0.05) is 29.8 Å². The fraction of sp³-hybridized carbons (Fsp3) is 0.240. The van der Waals surface area contributed by atoms with Crippen molar-refractivity contribution in [2.24, 2.45) is 0 Å². The van der Waals surface area contributed by atoms with Crippen molar-refractivity contribution in [3.05, 3.63) is 89.2 Å². The van der Waals surface area contributed by atoms with Crippen molar-refractivity contribution in [3.8, 4) is 5.75 Å². The summed E-state index contributed by atoms with van der Waals surface area (Å²) in [5, 5.41) is 0. The van der Waals surface area contributed by atoms with E-state index in [1.54, 1.807) is 11.0 Å². The summed E-state index contributed by atoms with van der Waals surface area (Å²) in [6, 6.07) is 18.2. The fourth-order valence-corrected chi connectivity index (χ4v) is 5.23. The van der Waals surface area contributed by atoms with Crippen LogP contribution in [0.1, 0.15) is 23.6 Å². The highest BCUT2D eigenvalue weighted by Crippen LogP contribution is 2.29. The van der Waals surface area contributed by atoms with E-state index in [0.29, 0.717) is 17.9 Å². The van der Waals surface area contributed by atoms with Gasteiger partial charge < -0.3 is 9.64 Å². The molecule has 8 heteroatoms. The van der Waals surface area contributed by atoms with E-state index >= 15 is 0 Å². The summed E-state index contributed by atoms with van der Waals surface area (Å²) in [5.41, 5.74) is 3.43. The highest BCUT2D eigenvalue weighted by molar-refractivity contribution is 7.89. The largest absolute Gasteiger partial charge is 0.492 e. The highest BCUT2D eigenvalue weighted by atomic mass is 32.2. The Balaban J connectivity index is 1.61. The molecule has 0 fully saturated rings. The molecule has 1 heterocycles. The van der Waals surface area contributed by atoms with Crippen LogP contribution in [0.5, 0.6) is 5.75 Å². The summed E-state index contributed by atoms with van der Waals surface area (Å²) >= 11 is 0. The molecular weight excluding hydrogens is 443 g/mol. The van der Waals surface area contributed by atoms with Gasteiger partial charge in [0, 0.05) is 31.3 Å². The van der Waals surface area contributed by atoms with Crippen molar-refractivity contribution in [1.82, 2.24) is 4.31 Å². The molecule has 6 nitrogen and oxygen atoms in total. The van der Waals surface area contributed by atoms with Gasteiger partial charge in [0.05, 0.1) is 11.4 Å². The standard InChI is InChI=1S/C25H25FN2O4S/c1-18-6-9-23(10-7-18)28(19(2)29)16-20-8-11-25-21(14-20)17-27(12-13-32-25)33(30,31)24-5-3-4-22(26)15-24/h3-11,14-15H,12-13,16-17H2,1-2H3. The second-order valence-corrected chi connectivity index (χ2v) is 9.97. The normalized spacial score (nSPS) is 14.2. The van der Waals surface area contributed by atoms with Crippen LogP contribution >= 0.6 is 0 Å². The fourth-order valence-electron chi connectivity index (χ4n) is 3.80. The van der Waals surface area contributed by atoms with Crippen molar-refractivity contribution in [3.63, 3.8) is 0 Å². The molecule has 33 heavy (non-hydrogen) atoms. The molecule has 4 rings (SSSR count). The number of anilines is 1. The van der Waals surface area contributed by atoms with Gasteiger partial charge in [0.25, 0.3) is 0 Å². The molecule has 0 unspecified atom stereocenters. The average molecular weight is 469 g/mol. The maximum atomic E-state index is 13.6. The van der Waals surface area contributed by atoms with Gasteiger partial charge in [-0.05, 0) is 55.0 Å². The lowest BCUT2D eigenvalue weighted by Crippen LogP contribution is -2.32. The Hall–Kier alpha value is -3.23. The van der Waals surface area contributed by atoms with E-state index in [2.05, 4.69) is 0 Å². The molecule has 0 radical (unpaired) electrons. The van der Waals surface area contributed by atoms with E-state index in [1.807, 2.05) is 43.3 Å². The average Bonchev–Trinajstić information content (AvgIpc) is 3.00. The highest BCUT2D eigenvalue weighted by Gasteiger charge is 2.28. The molecule has 172 valence electrons. The maximum Gasteiger partial charge on any atom is 0.243 e. The number of carbonyl (C=O) groups is 1. The predicted octanol–water partition coefficient (Wildman–Crippen LogP) is 4.27. The van der Waals surface area contributed by atoms with E-state index < -0.39 is 15.8 Å². The van der Waals surface area contributed by atoms with Crippen LogP contribution in [0.2, 0.25) is 0 Å². The van der Waals surface area contributed by atoms with Crippen LogP contribution in [0.3, 0.4) is 0 Å². The number of rotatable bonds is 5. The summed E-state index contributed by atoms with van der Waals surface area (Å²) in [6.07, 6.45) is 0. The second kappa shape index (κ2) is 9.33. The minimum Gasteiger partial charge on any atom is -0.492 e. The van der Waals surface area contributed by atoms with Crippen LogP contribution in [0.25, 0.3) is 0 Å². The van der Waals surface area contributed by atoms with Gasteiger partial charge in [-0.25, -0.2) is 12.8 Å². The zero-order chi connectivity index (χ0) is 23.6. The predicted molar refractivity (Wildman–Crippen MR) is 124 cm³/mol. The molecule has 0 atom stereocenters. The first kappa shape index (κ1) is 22.9. The molecule has 0 N–H and O–H groups in total. The minimum atomic E-state index is -3.90. The Kier molecular flexibility index (Phi) is 6.49. The molecule has 3 aromatic rings. The molecule has 0 aliphatic carbocycles. The summed E-state index contributed by atoms with van der Waals surface area (Å²) in [7, 11) is -3.90. The maximum absolute atomic E-state index is 13.6. The van der Waals surface area contributed by atoms with E-state index in [1.165, 1.54) is 29.4 Å². The molecule has 0 saturated carbocycles. The van der Waals surface area contributed by atoms with Gasteiger partial charge in [0.2, 0.25) is 15.9 Å². The lowest BCUT2D eigenvalue weighted by molar-refractivity contribution is -0.116. The third-order valence-corrected chi connectivity index (χ3v) is 7.41. The number of aryl methyl sites for hydroxylation is 1. The molecule has 1 aliphatic rings. The van der Waals surface area contributed by atoms with Crippen molar-refractivity contribution < 1.29 is 22.3 Å². The molecule has 1 aliphatic heterocycles. The number of ether oxygens (including phenoxy) is 1. The molecule has 3 aromatic carbocycles. The Bertz CT molecular complexity index is 1280.